The molecule has 0 atom stereocenters. The van der Waals surface area contributed by atoms with Crippen LogP contribution in [0.3, 0.4) is 0 Å². The monoisotopic (exact) mass is 179 g/mol. The smallest absolute Gasteiger partial charge is 0.170 e. The summed E-state index contributed by atoms with van der Waals surface area (Å²) in [6, 6.07) is 3.53. The minimum absolute atomic E-state index is 0.115. The van der Waals surface area contributed by atoms with Crippen LogP contribution in [0.1, 0.15) is 31.0 Å². The number of nitrogens with two attached hydrogens (primary N) is 1. The van der Waals surface area contributed by atoms with Crippen molar-refractivity contribution < 1.29 is 5.21 Å². The number of rotatable bonds is 2. The van der Waals surface area contributed by atoms with Gasteiger partial charge in [-0.15, -0.1) is 0 Å². The molecule has 1 rings (SSSR count). The third-order valence-electron chi connectivity index (χ3n) is 1.78. The molecule has 1 aromatic heterocycles. The van der Waals surface area contributed by atoms with Gasteiger partial charge in [-0.2, -0.15) is 0 Å². The second kappa shape index (κ2) is 3.89. The second-order valence-electron chi connectivity index (χ2n) is 3.11. The van der Waals surface area contributed by atoms with Gasteiger partial charge in [0.05, 0.1) is 0 Å². The summed E-state index contributed by atoms with van der Waals surface area (Å²) in [4.78, 5) is 4.16. The van der Waals surface area contributed by atoms with Crippen LogP contribution < -0.4 is 5.73 Å². The number of hydrogen-bond acceptors (Lipinski definition) is 3. The van der Waals surface area contributed by atoms with Crippen LogP contribution in [-0.2, 0) is 0 Å². The van der Waals surface area contributed by atoms with Crippen molar-refractivity contribution in [3.63, 3.8) is 0 Å². The van der Waals surface area contributed by atoms with Crippen molar-refractivity contribution >= 4 is 5.84 Å². The summed E-state index contributed by atoms with van der Waals surface area (Å²) >= 11 is 0. The Kier molecular flexibility index (Phi) is 2.84. The first-order valence-electron chi connectivity index (χ1n) is 4.09. The Morgan fingerprint density at radius 3 is 2.85 bits per heavy atom. The van der Waals surface area contributed by atoms with Gasteiger partial charge in [0.15, 0.2) is 5.84 Å². The Morgan fingerprint density at radius 2 is 2.31 bits per heavy atom. The minimum Gasteiger partial charge on any atom is -0.409 e. The van der Waals surface area contributed by atoms with Gasteiger partial charge in [-0.3, -0.25) is 4.98 Å². The third-order valence-corrected chi connectivity index (χ3v) is 1.78. The van der Waals surface area contributed by atoms with Crippen molar-refractivity contribution in [3.8, 4) is 0 Å². The van der Waals surface area contributed by atoms with Gasteiger partial charge < -0.3 is 10.9 Å². The maximum atomic E-state index is 8.46. The van der Waals surface area contributed by atoms with Crippen LogP contribution in [0.25, 0.3) is 0 Å². The largest absolute Gasteiger partial charge is 0.409 e. The van der Waals surface area contributed by atoms with Gasteiger partial charge in [-0.25, -0.2) is 0 Å². The first-order chi connectivity index (χ1) is 6.15. The van der Waals surface area contributed by atoms with Gasteiger partial charge in [0.2, 0.25) is 0 Å². The van der Waals surface area contributed by atoms with E-state index in [1.54, 1.807) is 12.3 Å². The molecule has 0 radical (unpaired) electrons. The molecule has 0 aliphatic rings. The molecule has 0 unspecified atom stereocenters. The predicted molar refractivity (Wildman–Crippen MR) is 50.8 cm³/mol. The maximum Gasteiger partial charge on any atom is 0.170 e. The van der Waals surface area contributed by atoms with E-state index in [9.17, 15) is 0 Å². The lowest BCUT2D eigenvalue weighted by Gasteiger charge is -2.05. The number of oxime groups is 1. The zero-order chi connectivity index (χ0) is 9.84. The van der Waals surface area contributed by atoms with Gasteiger partial charge >= 0.3 is 0 Å². The normalized spacial score (nSPS) is 12.1. The molecule has 70 valence electrons. The molecule has 0 fully saturated rings. The Morgan fingerprint density at radius 1 is 1.62 bits per heavy atom. The molecule has 0 aliphatic carbocycles. The van der Waals surface area contributed by atoms with Crippen LogP contribution in [0.4, 0.5) is 0 Å². The molecule has 13 heavy (non-hydrogen) atoms. The molecule has 3 N–H and O–H groups in total. The number of pyridine rings is 1. The minimum atomic E-state index is 0.115. The van der Waals surface area contributed by atoms with E-state index in [-0.39, 0.29) is 5.84 Å². The molecule has 0 aliphatic heterocycles. The maximum absolute atomic E-state index is 8.46. The molecule has 0 saturated carbocycles. The van der Waals surface area contributed by atoms with Crippen LogP contribution >= 0.6 is 0 Å². The van der Waals surface area contributed by atoms with E-state index in [0.29, 0.717) is 11.5 Å². The lowest BCUT2D eigenvalue weighted by molar-refractivity contribution is 0.318. The SMILES string of the molecule is CC(C)c1cc(/C(N)=N/O)ccn1. The number of nitrogens with zero attached hydrogens (tertiary/aromatic N) is 2. The molecule has 0 spiro atoms. The quantitative estimate of drug-likeness (QED) is 0.311. The average Bonchev–Trinajstić information content (AvgIpc) is 2.17. The van der Waals surface area contributed by atoms with E-state index >= 15 is 0 Å². The first kappa shape index (κ1) is 9.51. The zero-order valence-electron chi connectivity index (χ0n) is 7.73. The van der Waals surface area contributed by atoms with E-state index in [1.165, 1.54) is 0 Å². The van der Waals surface area contributed by atoms with Crippen LogP contribution in [0.2, 0.25) is 0 Å². The van der Waals surface area contributed by atoms with E-state index in [0.717, 1.165) is 5.69 Å². The Bertz CT molecular complexity index is 320. The van der Waals surface area contributed by atoms with Gasteiger partial charge in [-0.1, -0.05) is 19.0 Å². The standard InChI is InChI=1S/C9H13N3O/c1-6(2)8-5-7(3-4-11-8)9(10)12-13/h3-6,13H,1-2H3,(H2,10,12). The van der Waals surface area contributed by atoms with Crippen LogP contribution in [-0.4, -0.2) is 16.0 Å². The molecule has 4 heteroatoms. The van der Waals surface area contributed by atoms with Crippen LogP contribution in [0.5, 0.6) is 0 Å². The van der Waals surface area contributed by atoms with Crippen LogP contribution in [0, 0.1) is 0 Å². The molecule has 4 nitrogen and oxygen atoms in total. The third kappa shape index (κ3) is 2.18. The van der Waals surface area contributed by atoms with E-state index in [1.807, 2.05) is 19.9 Å². The van der Waals surface area contributed by atoms with Gasteiger partial charge in [0, 0.05) is 17.5 Å². The molecule has 0 amide bonds. The molecular formula is C9H13N3O. The van der Waals surface area contributed by atoms with Gasteiger partial charge in [0.1, 0.15) is 0 Å². The lowest BCUT2D eigenvalue weighted by atomic mass is 10.1. The highest BCUT2D eigenvalue weighted by Gasteiger charge is 2.04. The summed E-state index contributed by atoms with van der Waals surface area (Å²) in [6.07, 6.45) is 1.66. The van der Waals surface area contributed by atoms with E-state index in [2.05, 4.69) is 10.1 Å². The summed E-state index contributed by atoms with van der Waals surface area (Å²) in [6.45, 7) is 4.08. The molecule has 0 aromatic carbocycles. The summed E-state index contributed by atoms with van der Waals surface area (Å²) in [7, 11) is 0. The van der Waals surface area contributed by atoms with Crippen molar-refractivity contribution in [1.82, 2.24) is 4.98 Å². The summed E-state index contributed by atoms with van der Waals surface area (Å²) in [5.41, 5.74) is 7.07. The van der Waals surface area contributed by atoms with Crippen LogP contribution in [0.15, 0.2) is 23.5 Å². The van der Waals surface area contributed by atoms with E-state index in [4.69, 9.17) is 10.9 Å². The number of aromatic nitrogens is 1. The van der Waals surface area contributed by atoms with Crippen molar-refractivity contribution in [2.75, 3.05) is 0 Å². The average molecular weight is 179 g/mol. The Balaban J connectivity index is 3.05. The predicted octanol–water partition coefficient (Wildman–Crippen LogP) is 1.30. The molecule has 0 saturated heterocycles. The van der Waals surface area contributed by atoms with Crippen molar-refractivity contribution in [2.24, 2.45) is 10.9 Å². The first-order valence-corrected chi connectivity index (χ1v) is 4.09. The zero-order valence-corrected chi connectivity index (χ0v) is 7.73. The summed E-state index contributed by atoms with van der Waals surface area (Å²) in [5.74, 6) is 0.454. The molecule has 1 aromatic rings. The molecular weight excluding hydrogens is 166 g/mol. The highest BCUT2D eigenvalue weighted by molar-refractivity contribution is 5.96. The highest BCUT2D eigenvalue weighted by Crippen LogP contribution is 2.12. The molecule has 0 bridgehead atoms. The van der Waals surface area contributed by atoms with Crippen molar-refractivity contribution in [1.29, 1.82) is 0 Å². The van der Waals surface area contributed by atoms with Crippen molar-refractivity contribution in [2.45, 2.75) is 19.8 Å². The van der Waals surface area contributed by atoms with E-state index < -0.39 is 0 Å². The van der Waals surface area contributed by atoms with Gasteiger partial charge in [0.25, 0.3) is 0 Å². The second-order valence-corrected chi connectivity index (χ2v) is 3.11. The van der Waals surface area contributed by atoms with Crippen molar-refractivity contribution in [3.05, 3.63) is 29.6 Å². The fourth-order valence-electron chi connectivity index (χ4n) is 0.981. The summed E-state index contributed by atoms with van der Waals surface area (Å²) < 4.78 is 0. The Hall–Kier alpha value is -1.58. The lowest BCUT2D eigenvalue weighted by Crippen LogP contribution is -2.13. The number of amidine groups is 1. The highest BCUT2D eigenvalue weighted by atomic mass is 16.4. The Labute approximate surface area is 77.1 Å². The molecule has 1 heterocycles. The fourth-order valence-corrected chi connectivity index (χ4v) is 0.981. The fraction of sp³-hybridized carbons (Fsp3) is 0.333. The number of hydrogen-bond donors (Lipinski definition) is 2. The topological polar surface area (TPSA) is 71.5 Å². The van der Waals surface area contributed by atoms with Gasteiger partial charge in [-0.05, 0) is 18.1 Å². The summed E-state index contributed by atoms with van der Waals surface area (Å²) in [5, 5.41) is 11.4.